The highest BCUT2D eigenvalue weighted by Crippen LogP contribution is 2.31. The summed E-state index contributed by atoms with van der Waals surface area (Å²) in [5.41, 5.74) is 2.30. The van der Waals surface area contributed by atoms with E-state index in [-0.39, 0.29) is 11.4 Å². The van der Waals surface area contributed by atoms with Crippen molar-refractivity contribution in [3.63, 3.8) is 0 Å². The molecule has 0 unspecified atom stereocenters. The zero-order chi connectivity index (χ0) is 19.5. The predicted molar refractivity (Wildman–Crippen MR) is 101 cm³/mol. The summed E-state index contributed by atoms with van der Waals surface area (Å²) < 4.78 is 43.1. The smallest absolute Gasteiger partial charge is 0.243 e. The maximum atomic E-state index is 13.0. The van der Waals surface area contributed by atoms with E-state index in [0.717, 1.165) is 11.1 Å². The molecule has 0 bridgehead atoms. The largest absolute Gasteiger partial charge is 0.496 e. The maximum absolute atomic E-state index is 13.0. The van der Waals surface area contributed by atoms with Gasteiger partial charge in [-0.1, -0.05) is 6.07 Å². The molecule has 0 atom stereocenters. The van der Waals surface area contributed by atoms with Crippen molar-refractivity contribution in [3.8, 4) is 17.2 Å². The molecule has 0 N–H and O–H groups in total. The molecule has 0 aromatic heterocycles. The van der Waals surface area contributed by atoms with Crippen molar-refractivity contribution >= 4 is 10.0 Å². The lowest BCUT2D eigenvalue weighted by Crippen LogP contribution is -2.27. The minimum Gasteiger partial charge on any atom is -0.496 e. The Morgan fingerprint density at radius 3 is 2.00 bits per heavy atom. The third kappa shape index (κ3) is 3.78. The van der Waals surface area contributed by atoms with Gasteiger partial charge >= 0.3 is 0 Å². The lowest BCUT2D eigenvalue weighted by molar-refractivity contribution is 0.354. The quantitative estimate of drug-likeness (QED) is 0.739. The molecule has 0 radical (unpaired) electrons. The van der Waals surface area contributed by atoms with E-state index in [4.69, 9.17) is 14.2 Å². The Kier molecular flexibility index (Phi) is 6.15. The summed E-state index contributed by atoms with van der Waals surface area (Å²) >= 11 is 0. The molecule has 0 amide bonds. The number of methoxy groups -OCH3 is 3. The van der Waals surface area contributed by atoms with Crippen LogP contribution in [0.4, 0.5) is 0 Å². The minimum absolute atomic E-state index is 0.215. The van der Waals surface area contributed by atoms with Crippen molar-refractivity contribution in [2.45, 2.75) is 25.3 Å². The van der Waals surface area contributed by atoms with Crippen LogP contribution in [0.15, 0.2) is 35.2 Å². The molecular formula is C19H25NO5S. The summed E-state index contributed by atoms with van der Waals surface area (Å²) in [6.45, 7) is 3.85. The van der Waals surface area contributed by atoms with E-state index in [2.05, 4.69) is 0 Å². The number of benzene rings is 2. The first-order valence-electron chi connectivity index (χ1n) is 8.07. The van der Waals surface area contributed by atoms with E-state index in [9.17, 15) is 8.42 Å². The second-order valence-corrected chi connectivity index (χ2v) is 7.98. The average Bonchev–Trinajstić information content (AvgIpc) is 2.63. The highest BCUT2D eigenvalue weighted by Gasteiger charge is 2.25. The molecule has 0 fully saturated rings. The van der Waals surface area contributed by atoms with Crippen molar-refractivity contribution in [2.24, 2.45) is 0 Å². The Bertz CT molecular complexity index is 893. The highest BCUT2D eigenvalue weighted by molar-refractivity contribution is 7.89. The van der Waals surface area contributed by atoms with Crippen LogP contribution < -0.4 is 14.2 Å². The molecule has 2 aromatic rings. The van der Waals surface area contributed by atoms with Gasteiger partial charge in [-0.15, -0.1) is 0 Å². The highest BCUT2D eigenvalue weighted by atomic mass is 32.2. The Morgan fingerprint density at radius 1 is 0.846 bits per heavy atom. The summed E-state index contributed by atoms with van der Waals surface area (Å²) in [4.78, 5) is 0.277. The second kappa shape index (κ2) is 7.97. The molecule has 7 heteroatoms. The lowest BCUT2D eigenvalue weighted by atomic mass is 10.1. The Balaban J connectivity index is 2.34. The Labute approximate surface area is 155 Å². The zero-order valence-corrected chi connectivity index (χ0v) is 16.8. The van der Waals surface area contributed by atoms with Gasteiger partial charge < -0.3 is 14.2 Å². The molecule has 0 saturated heterocycles. The molecule has 0 heterocycles. The van der Waals surface area contributed by atoms with Gasteiger partial charge in [0, 0.05) is 13.6 Å². The third-order valence-corrected chi connectivity index (χ3v) is 6.40. The van der Waals surface area contributed by atoms with Crippen molar-refractivity contribution in [1.29, 1.82) is 0 Å². The number of rotatable bonds is 7. The van der Waals surface area contributed by atoms with E-state index < -0.39 is 10.0 Å². The molecule has 0 spiro atoms. The molecule has 0 aliphatic carbocycles. The molecule has 26 heavy (non-hydrogen) atoms. The Hall–Kier alpha value is -2.25. The number of hydrogen-bond acceptors (Lipinski definition) is 5. The van der Waals surface area contributed by atoms with Crippen molar-refractivity contribution in [3.05, 3.63) is 47.0 Å². The van der Waals surface area contributed by atoms with Gasteiger partial charge in [0.05, 0.1) is 26.2 Å². The summed E-state index contributed by atoms with van der Waals surface area (Å²) in [7, 11) is 2.59. The van der Waals surface area contributed by atoms with E-state index in [1.165, 1.54) is 4.31 Å². The first-order valence-corrected chi connectivity index (χ1v) is 9.51. The minimum atomic E-state index is -3.64. The fourth-order valence-corrected chi connectivity index (χ4v) is 4.20. The summed E-state index contributed by atoms with van der Waals surface area (Å²) in [5.74, 6) is 1.83. The van der Waals surface area contributed by atoms with Crippen LogP contribution in [-0.4, -0.2) is 41.1 Å². The number of sulfonamides is 1. The molecule has 2 aromatic carbocycles. The van der Waals surface area contributed by atoms with Crippen LogP contribution in [-0.2, 0) is 16.6 Å². The summed E-state index contributed by atoms with van der Waals surface area (Å²) in [6.07, 6.45) is 0. The van der Waals surface area contributed by atoms with Crippen LogP contribution in [0, 0.1) is 13.8 Å². The van der Waals surface area contributed by atoms with E-state index in [0.29, 0.717) is 22.8 Å². The molecular weight excluding hydrogens is 354 g/mol. The maximum Gasteiger partial charge on any atom is 0.243 e. The van der Waals surface area contributed by atoms with Gasteiger partial charge in [0.25, 0.3) is 0 Å². The zero-order valence-electron chi connectivity index (χ0n) is 16.0. The third-order valence-electron chi connectivity index (χ3n) is 4.45. The summed E-state index contributed by atoms with van der Waals surface area (Å²) in [5, 5.41) is 0. The normalized spacial score (nSPS) is 11.5. The van der Waals surface area contributed by atoms with Gasteiger partial charge in [-0.3, -0.25) is 0 Å². The van der Waals surface area contributed by atoms with Crippen LogP contribution in [0.1, 0.15) is 16.7 Å². The molecule has 0 saturated carbocycles. The van der Waals surface area contributed by atoms with Crippen LogP contribution in [0.25, 0.3) is 0 Å². The SMILES string of the molecule is COc1ccc(CN(C)S(=O)(=O)c2ccc(OC)c(C)c2C)cc1OC. The van der Waals surface area contributed by atoms with Gasteiger partial charge in [-0.25, -0.2) is 8.42 Å². The number of nitrogens with zero attached hydrogens (tertiary/aromatic N) is 1. The number of ether oxygens (including phenoxy) is 3. The molecule has 2 rings (SSSR count). The lowest BCUT2D eigenvalue weighted by Gasteiger charge is -2.20. The Morgan fingerprint density at radius 2 is 1.42 bits per heavy atom. The van der Waals surface area contributed by atoms with Gasteiger partial charge in [0.2, 0.25) is 10.0 Å². The van der Waals surface area contributed by atoms with E-state index in [1.807, 2.05) is 13.0 Å². The van der Waals surface area contributed by atoms with Crippen molar-refractivity contribution in [2.75, 3.05) is 28.4 Å². The van der Waals surface area contributed by atoms with Gasteiger partial charge in [0.15, 0.2) is 11.5 Å². The molecule has 142 valence electrons. The van der Waals surface area contributed by atoms with Crippen LogP contribution in [0.5, 0.6) is 17.2 Å². The first kappa shape index (κ1) is 20.1. The van der Waals surface area contributed by atoms with Crippen molar-refractivity contribution < 1.29 is 22.6 Å². The molecule has 0 aliphatic rings. The monoisotopic (exact) mass is 379 g/mol. The van der Waals surface area contributed by atoms with E-state index in [1.54, 1.807) is 59.6 Å². The van der Waals surface area contributed by atoms with Crippen LogP contribution >= 0.6 is 0 Å². The molecule has 0 aliphatic heterocycles. The van der Waals surface area contributed by atoms with Crippen LogP contribution in [0.3, 0.4) is 0 Å². The summed E-state index contributed by atoms with van der Waals surface area (Å²) in [6, 6.07) is 8.62. The second-order valence-electron chi connectivity index (χ2n) is 5.97. The first-order chi connectivity index (χ1) is 12.3. The van der Waals surface area contributed by atoms with Crippen molar-refractivity contribution in [1.82, 2.24) is 4.31 Å². The van der Waals surface area contributed by atoms with Crippen LogP contribution in [0.2, 0.25) is 0 Å². The number of hydrogen-bond donors (Lipinski definition) is 0. The molecule has 6 nitrogen and oxygen atoms in total. The van der Waals surface area contributed by atoms with Gasteiger partial charge in [-0.05, 0) is 54.8 Å². The standard InChI is InChI=1S/C19H25NO5S/c1-13-14(2)19(10-9-16(13)23-4)26(21,22)20(3)12-15-7-8-17(24-5)18(11-15)25-6/h7-11H,12H2,1-6H3. The van der Waals surface area contributed by atoms with Gasteiger partial charge in [0.1, 0.15) is 5.75 Å². The fraction of sp³-hybridized carbons (Fsp3) is 0.368. The average molecular weight is 379 g/mol. The topological polar surface area (TPSA) is 65.1 Å². The fourth-order valence-electron chi connectivity index (χ4n) is 2.76. The van der Waals surface area contributed by atoms with Gasteiger partial charge in [-0.2, -0.15) is 4.31 Å². The predicted octanol–water partition coefficient (Wildman–Crippen LogP) is 3.15. The van der Waals surface area contributed by atoms with E-state index >= 15 is 0 Å².